The molecule has 0 aromatic heterocycles. The number of halogens is 1. The Kier molecular flexibility index (Phi) is 7.10. The van der Waals surface area contributed by atoms with Gasteiger partial charge in [0.1, 0.15) is 0 Å². The van der Waals surface area contributed by atoms with E-state index in [0.29, 0.717) is 4.83 Å². The van der Waals surface area contributed by atoms with Crippen molar-refractivity contribution in [2.75, 3.05) is 6.54 Å². The van der Waals surface area contributed by atoms with Gasteiger partial charge in [-0.3, -0.25) is 4.79 Å². The zero-order valence-electron chi connectivity index (χ0n) is 10.3. The number of hydrogen-bond acceptors (Lipinski definition) is 1. The van der Waals surface area contributed by atoms with Crippen molar-refractivity contribution >= 4 is 21.8 Å². The monoisotopic (exact) mass is 289 g/mol. The summed E-state index contributed by atoms with van der Waals surface area (Å²) in [7, 11) is 0. The molecule has 0 aromatic carbocycles. The average molecular weight is 290 g/mol. The highest BCUT2D eigenvalue weighted by atomic mass is 79.9. The number of rotatable bonds is 6. The minimum absolute atomic E-state index is 0.235. The fourth-order valence-corrected chi connectivity index (χ4v) is 2.54. The van der Waals surface area contributed by atoms with Crippen LogP contribution in [0.5, 0.6) is 0 Å². The van der Waals surface area contributed by atoms with Gasteiger partial charge in [-0.1, -0.05) is 55.0 Å². The lowest BCUT2D eigenvalue weighted by molar-refractivity contribution is -0.121. The molecule has 1 unspecified atom stereocenters. The zero-order valence-corrected chi connectivity index (χ0v) is 11.9. The van der Waals surface area contributed by atoms with Gasteiger partial charge in [-0.15, -0.1) is 0 Å². The minimum atomic E-state index is 0.235. The molecular weight excluding hydrogens is 266 g/mol. The fraction of sp³-hybridized carbons (Fsp3) is 0.923. The molecule has 0 heterocycles. The molecule has 0 aliphatic heterocycles. The number of carbonyl (C=O) groups is 1. The topological polar surface area (TPSA) is 29.1 Å². The van der Waals surface area contributed by atoms with Crippen LogP contribution >= 0.6 is 15.9 Å². The minimum Gasteiger partial charge on any atom is -0.356 e. The van der Waals surface area contributed by atoms with Gasteiger partial charge in [0.05, 0.1) is 0 Å². The number of nitrogens with one attached hydrogen (secondary N) is 1. The third kappa shape index (κ3) is 6.51. The number of hydrogen-bond donors (Lipinski definition) is 1. The molecule has 0 radical (unpaired) electrons. The second kappa shape index (κ2) is 8.10. The maximum absolute atomic E-state index is 11.5. The first-order valence-electron chi connectivity index (χ1n) is 6.59. The molecular formula is C13H24BrNO. The number of amides is 1. The summed E-state index contributed by atoms with van der Waals surface area (Å²) >= 11 is 3.47. The second-order valence-corrected chi connectivity index (χ2v) is 6.53. The van der Waals surface area contributed by atoms with E-state index in [1.807, 2.05) is 0 Å². The van der Waals surface area contributed by atoms with Crippen LogP contribution in [0, 0.1) is 5.92 Å². The Morgan fingerprint density at radius 3 is 2.69 bits per heavy atom. The summed E-state index contributed by atoms with van der Waals surface area (Å²) in [6.07, 6.45) is 9.64. The van der Waals surface area contributed by atoms with Crippen LogP contribution in [0.4, 0.5) is 0 Å². The quantitative estimate of drug-likeness (QED) is 0.743. The first kappa shape index (κ1) is 14.0. The van der Waals surface area contributed by atoms with Gasteiger partial charge in [-0.2, -0.15) is 0 Å². The van der Waals surface area contributed by atoms with Crippen molar-refractivity contribution in [1.82, 2.24) is 5.32 Å². The van der Waals surface area contributed by atoms with Crippen LogP contribution in [0.25, 0.3) is 0 Å². The molecule has 2 nitrogen and oxygen atoms in total. The molecule has 16 heavy (non-hydrogen) atoms. The highest BCUT2D eigenvalue weighted by Crippen LogP contribution is 2.27. The normalized spacial score (nSPS) is 19.4. The molecule has 1 saturated carbocycles. The van der Waals surface area contributed by atoms with Gasteiger partial charge in [0, 0.05) is 17.8 Å². The van der Waals surface area contributed by atoms with Gasteiger partial charge in [-0.05, 0) is 18.8 Å². The van der Waals surface area contributed by atoms with E-state index < -0.39 is 0 Å². The Morgan fingerprint density at radius 2 is 2.06 bits per heavy atom. The van der Waals surface area contributed by atoms with Gasteiger partial charge < -0.3 is 5.32 Å². The molecule has 1 fully saturated rings. The highest BCUT2D eigenvalue weighted by Gasteiger charge is 2.14. The molecule has 1 atom stereocenters. The highest BCUT2D eigenvalue weighted by molar-refractivity contribution is 9.09. The molecule has 0 aromatic rings. The van der Waals surface area contributed by atoms with E-state index in [-0.39, 0.29) is 5.91 Å². The SMILES string of the molecule is CC(Br)CCNC(=O)CCC1CCCCC1. The van der Waals surface area contributed by atoms with Gasteiger partial charge in [0.15, 0.2) is 0 Å². The van der Waals surface area contributed by atoms with Gasteiger partial charge in [0.2, 0.25) is 5.91 Å². The van der Waals surface area contributed by atoms with Gasteiger partial charge in [-0.25, -0.2) is 0 Å². The molecule has 1 aliphatic rings. The fourth-order valence-electron chi connectivity index (χ4n) is 2.31. The maximum Gasteiger partial charge on any atom is 0.220 e. The Balaban J connectivity index is 2.00. The van der Waals surface area contributed by atoms with Crippen molar-refractivity contribution in [3.05, 3.63) is 0 Å². The van der Waals surface area contributed by atoms with E-state index in [2.05, 4.69) is 28.2 Å². The van der Waals surface area contributed by atoms with E-state index in [4.69, 9.17) is 0 Å². The average Bonchev–Trinajstić information content (AvgIpc) is 2.27. The van der Waals surface area contributed by atoms with Crippen molar-refractivity contribution in [2.24, 2.45) is 5.92 Å². The third-order valence-electron chi connectivity index (χ3n) is 3.37. The van der Waals surface area contributed by atoms with Crippen molar-refractivity contribution in [3.63, 3.8) is 0 Å². The largest absolute Gasteiger partial charge is 0.356 e. The summed E-state index contributed by atoms with van der Waals surface area (Å²) in [6, 6.07) is 0. The van der Waals surface area contributed by atoms with Gasteiger partial charge in [0.25, 0.3) is 0 Å². The summed E-state index contributed by atoms with van der Waals surface area (Å²) in [6.45, 7) is 2.91. The third-order valence-corrected chi connectivity index (χ3v) is 3.83. The Bertz CT molecular complexity index is 200. The molecule has 94 valence electrons. The molecule has 1 amide bonds. The summed E-state index contributed by atoms with van der Waals surface area (Å²) in [5, 5.41) is 2.98. The number of alkyl halides is 1. The smallest absolute Gasteiger partial charge is 0.220 e. The Hall–Kier alpha value is -0.0500. The van der Waals surface area contributed by atoms with Crippen molar-refractivity contribution < 1.29 is 4.79 Å². The Morgan fingerprint density at radius 1 is 1.38 bits per heavy atom. The molecule has 0 spiro atoms. The van der Waals surface area contributed by atoms with E-state index in [0.717, 1.165) is 31.7 Å². The first-order chi connectivity index (χ1) is 7.68. The van der Waals surface area contributed by atoms with Crippen LogP contribution in [0.3, 0.4) is 0 Å². The predicted molar refractivity (Wildman–Crippen MR) is 71.8 cm³/mol. The van der Waals surface area contributed by atoms with Crippen LogP contribution in [0.1, 0.15) is 58.3 Å². The molecule has 3 heteroatoms. The van der Waals surface area contributed by atoms with Crippen molar-refractivity contribution in [1.29, 1.82) is 0 Å². The van der Waals surface area contributed by atoms with E-state index in [1.165, 1.54) is 32.1 Å². The zero-order chi connectivity index (χ0) is 11.8. The van der Waals surface area contributed by atoms with E-state index >= 15 is 0 Å². The molecule has 1 N–H and O–H groups in total. The summed E-state index contributed by atoms with van der Waals surface area (Å²) in [5.74, 6) is 1.05. The lowest BCUT2D eigenvalue weighted by atomic mass is 9.86. The lowest BCUT2D eigenvalue weighted by Crippen LogP contribution is -2.26. The van der Waals surface area contributed by atoms with Crippen molar-refractivity contribution in [3.8, 4) is 0 Å². The van der Waals surface area contributed by atoms with Gasteiger partial charge >= 0.3 is 0 Å². The van der Waals surface area contributed by atoms with Crippen molar-refractivity contribution in [2.45, 2.75) is 63.1 Å². The van der Waals surface area contributed by atoms with Crippen LogP contribution < -0.4 is 5.32 Å². The van der Waals surface area contributed by atoms with Crippen LogP contribution in [-0.4, -0.2) is 17.3 Å². The van der Waals surface area contributed by atoms with Crippen LogP contribution in [0.15, 0.2) is 0 Å². The number of carbonyl (C=O) groups excluding carboxylic acids is 1. The Labute approximate surface area is 108 Å². The molecule has 1 rings (SSSR count). The van der Waals surface area contributed by atoms with Crippen LogP contribution in [-0.2, 0) is 4.79 Å². The first-order valence-corrected chi connectivity index (χ1v) is 7.51. The molecule has 1 aliphatic carbocycles. The molecule has 0 saturated heterocycles. The second-order valence-electron chi connectivity index (χ2n) is 4.96. The summed E-state index contributed by atoms with van der Waals surface area (Å²) in [5.41, 5.74) is 0. The standard InChI is InChI=1S/C13H24BrNO/c1-11(14)9-10-15-13(16)8-7-12-5-3-2-4-6-12/h11-12H,2-10H2,1H3,(H,15,16). The summed E-state index contributed by atoms with van der Waals surface area (Å²) < 4.78 is 0. The molecule has 0 bridgehead atoms. The lowest BCUT2D eigenvalue weighted by Gasteiger charge is -2.21. The summed E-state index contributed by atoms with van der Waals surface area (Å²) in [4.78, 5) is 12.0. The van der Waals surface area contributed by atoms with E-state index in [1.54, 1.807) is 0 Å². The maximum atomic E-state index is 11.5. The van der Waals surface area contributed by atoms with E-state index in [9.17, 15) is 4.79 Å². The van der Waals surface area contributed by atoms with Crippen LogP contribution in [0.2, 0.25) is 0 Å². The predicted octanol–water partition coefficient (Wildman–Crippen LogP) is 3.64.